The highest BCUT2D eigenvalue weighted by Crippen LogP contribution is 2.29. The molecular weight excluding hydrogens is 242 g/mol. The highest BCUT2D eigenvalue weighted by molar-refractivity contribution is 6.31. The lowest BCUT2D eigenvalue weighted by atomic mass is 9.87. The Morgan fingerprint density at radius 3 is 2.22 bits per heavy atom. The molecule has 1 nitrogen and oxygen atoms in total. The van der Waals surface area contributed by atoms with Crippen molar-refractivity contribution in [2.45, 2.75) is 25.3 Å². The third kappa shape index (κ3) is 3.12. The van der Waals surface area contributed by atoms with Crippen molar-refractivity contribution >= 4 is 11.6 Å². The van der Waals surface area contributed by atoms with Gasteiger partial charge in [0, 0.05) is 17.0 Å². The molecule has 0 fully saturated rings. The van der Waals surface area contributed by atoms with Crippen LogP contribution in [0, 0.1) is 0 Å². The molecule has 0 unspecified atom stereocenters. The summed E-state index contributed by atoms with van der Waals surface area (Å²) in [5.74, 6) is 0.251. The molecule has 0 radical (unpaired) electrons. The van der Waals surface area contributed by atoms with E-state index in [-0.39, 0.29) is 12.0 Å². The number of hydrogen-bond acceptors (Lipinski definition) is 1. The van der Waals surface area contributed by atoms with E-state index in [1.54, 1.807) is 0 Å². The molecular formula is C16H18ClN. The van der Waals surface area contributed by atoms with E-state index in [2.05, 4.69) is 30.3 Å². The quantitative estimate of drug-likeness (QED) is 0.882. The Bertz CT molecular complexity index is 493. The first-order valence-electron chi connectivity index (χ1n) is 6.22. The Labute approximate surface area is 114 Å². The Morgan fingerprint density at radius 2 is 1.61 bits per heavy atom. The molecule has 2 atom stereocenters. The van der Waals surface area contributed by atoms with Gasteiger partial charge >= 0.3 is 0 Å². The fourth-order valence-corrected chi connectivity index (χ4v) is 2.50. The van der Waals surface area contributed by atoms with Gasteiger partial charge in [0.25, 0.3) is 0 Å². The van der Waals surface area contributed by atoms with Crippen molar-refractivity contribution < 1.29 is 0 Å². The molecule has 0 bridgehead atoms. The first-order chi connectivity index (χ1) is 8.68. The molecule has 0 aliphatic rings. The lowest BCUT2D eigenvalue weighted by Crippen LogP contribution is -2.26. The van der Waals surface area contributed by atoms with Crippen molar-refractivity contribution in [3.05, 3.63) is 70.7 Å². The van der Waals surface area contributed by atoms with Crippen LogP contribution in [0.1, 0.15) is 24.0 Å². The van der Waals surface area contributed by atoms with Gasteiger partial charge < -0.3 is 5.73 Å². The predicted molar refractivity (Wildman–Crippen MR) is 78.0 cm³/mol. The molecule has 2 aromatic carbocycles. The molecule has 2 heteroatoms. The van der Waals surface area contributed by atoms with Crippen LogP contribution in [0.2, 0.25) is 5.02 Å². The first kappa shape index (κ1) is 13.1. The minimum atomic E-state index is 0.0742. The second kappa shape index (κ2) is 6.03. The molecule has 2 aromatic rings. The van der Waals surface area contributed by atoms with Gasteiger partial charge in [-0.05, 0) is 30.5 Å². The highest BCUT2D eigenvalue weighted by atomic mass is 35.5. The second-order valence-corrected chi connectivity index (χ2v) is 5.08. The standard InChI is InChI=1S/C16H18ClN/c1-12(18)15(11-13-7-3-2-4-8-13)14-9-5-6-10-16(14)17/h2-10,12,15H,11,18H2,1H3/t12-,15-/m1/s1. The molecule has 94 valence electrons. The SMILES string of the molecule is C[C@@H](N)[C@@H](Cc1ccccc1)c1ccccc1Cl. The summed E-state index contributed by atoms with van der Waals surface area (Å²) in [4.78, 5) is 0. The summed E-state index contributed by atoms with van der Waals surface area (Å²) in [6.07, 6.45) is 0.919. The zero-order valence-corrected chi connectivity index (χ0v) is 11.3. The van der Waals surface area contributed by atoms with Crippen molar-refractivity contribution in [3.8, 4) is 0 Å². The number of halogens is 1. The summed E-state index contributed by atoms with van der Waals surface area (Å²) in [5, 5.41) is 0.802. The second-order valence-electron chi connectivity index (χ2n) is 4.68. The van der Waals surface area contributed by atoms with Gasteiger partial charge in [-0.3, -0.25) is 0 Å². The van der Waals surface area contributed by atoms with E-state index in [1.807, 2.05) is 31.2 Å². The van der Waals surface area contributed by atoms with Gasteiger partial charge in [-0.25, -0.2) is 0 Å². The molecule has 0 spiro atoms. The normalized spacial score (nSPS) is 14.2. The van der Waals surface area contributed by atoms with Crippen LogP contribution in [0.15, 0.2) is 54.6 Å². The molecule has 0 heterocycles. The molecule has 2 N–H and O–H groups in total. The molecule has 0 saturated carbocycles. The van der Waals surface area contributed by atoms with Crippen LogP contribution in [0.3, 0.4) is 0 Å². The van der Waals surface area contributed by atoms with E-state index in [0.717, 1.165) is 17.0 Å². The zero-order chi connectivity index (χ0) is 13.0. The van der Waals surface area contributed by atoms with Gasteiger partial charge in [-0.2, -0.15) is 0 Å². The van der Waals surface area contributed by atoms with Crippen LogP contribution in [-0.4, -0.2) is 6.04 Å². The van der Waals surface area contributed by atoms with Gasteiger partial charge in [-0.1, -0.05) is 60.1 Å². The summed E-state index contributed by atoms with van der Waals surface area (Å²) >= 11 is 6.27. The molecule has 2 rings (SSSR count). The average Bonchev–Trinajstić information content (AvgIpc) is 2.38. The van der Waals surface area contributed by atoms with Crippen molar-refractivity contribution in [2.75, 3.05) is 0 Å². The largest absolute Gasteiger partial charge is 0.327 e. The molecule has 18 heavy (non-hydrogen) atoms. The van der Waals surface area contributed by atoms with Crippen molar-refractivity contribution in [3.63, 3.8) is 0 Å². The van der Waals surface area contributed by atoms with Gasteiger partial charge in [-0.15, -0.1) is 0 Å². The van der Waals surface area contributed by atoms with Crippen LogP contribution < -0.4 is 5.73 Å². The lowest BCUT2D eigenvalue weighted by molar-refractivity contribution is 0.565. The summed E-state index contributed by atoms with van der Waals surface area (Å²) in [7, 11) is 0. The topological polar surface area (TPSA) is 26.0 Å². The number of nitrogens with two attached hydrogens (primary N) is 1. The molecule has 0 aliphatic carbocycles. The Kier molecular flexibility index (Phi) is 4.40. The third-order valence-electron chi connectivity index (χ3n) is 3.24. The Morgan fingerprint density at radius 1 is 1.00 bits per heavy atom. The minimum Gasteiger partial charge on any atom is -0.327 e. The van der Waals surface area contributed by atoms with E-state index in [1.165, 1.54) is 5.56 Å². The number of hydrogen-bond donors (Lipinski definition) is 1. The summed E-state index contributed by atoms with van der Waals surface area (Å²) in [5.41, 5.74) is 8.56. The Balaban J connectivity index is 2.27. The van der Waals surface area contributed by atoms with Crippen LogP contribution in [0.5, 0.6) is 0 Å². The predicted octanol–water partition coefficient (Wildman–Crippen LogP) is 4.01. The van der Waals surface area contributed by atoms with E-state index in [9.17, 15) is 0 Å². The maximum absolute atomic E-state index is 6.27. The fraction of sp³-hybridized carbons (Fsp3) is 0.250. The summed E-state index contributed by atoms with van der Waals surface area (Å²) < 4.78 is 0. The maximum Gasteiger partial charge on any atom is 0.0441 e. The van der Waals surface area contributed by atoms with Crippen LogP contribution in [-0.2, 0) is 6.42 Å². The van der Waals surface area contributed by atoms with Gasteiger partial charge in [0.2, 0.25) is 0 Å². The summed E-state index contributed by atoms with van der Waals surface area (Å²) in [6.45, 7) is 2.04. The molecule has 0 amide bonds. The molecule has 0 saturated heterocycles. The summed E-state index contributed by atoms with van der Waals surface area (Å²) in [6, 6.07) is 18.4. The monoisotopic (exact) mass is 259 g/mol. The fourth-order valence-electron chi connectivity index (χ4n) is 2.22. The minimum absolute atomic E-state index is 0.0742. The van der Waals surface area contributed by atoms with E-state index in [4.69, 9.17) is 17.3 Å². The van der Waals surface area contributed by atoms with Crippen LogP contribution >= 0.6 is 11.6 Å². The van der Waals surface area contributed by atoms with E-state index < -0.39 is 0 Å². The van der Waals surface area contributed by atoms with Gasteiger partial charge in [0.05, 0.1) is 0 Å². The molecule has 0 aliphatic heterocycles. The van der Waals surface area contributed by atoms with Gasteiger partial charge in [0.15, 0.2) is 0 Å². The van der Waals surface area contributed by atoms with E-state index >= 15 is 0 Å². The van der Waals surface area contributed by atoms with Crippen molar-refractivity contribution in [1.29, 1.82) is 0 Å². The highest BCUT2D eigenvalue weighted by Gasteiger charge is 2.19. The number of rotatable bonds is 4. The van der Waals surface area contributed by atoms with Crippen LogP contribution in [0.25, 0.3) is 0 Å². The zero-order valence-electron chi connectivity index (χ0n) is 10.5. The third-order valence-corrected chi connectivity index (χ3v) is 3.58. The first-order valence-corrected chi connectivity index (χ1v) is 6.60. The lowest BCUT2D eigenvalue weighted by Gasteiger charge is -2.22. The molecule has 0 aromatic heterocycles. The Hall–Kier alpha value is -1.31. The smallest absolute Gasteiger partial charge is 0.0441 e. The van der Waals surface area contributed by atoms with Crippen molar-refractivity contribution in [2.24, 2.45) is 5.73 Å². The van der Waals surface area contributed by atoms with Crippen molar-refractivity contribution in [1.82, 2.24) is 0 Å². The van der Waals surface area contributed by atoms with Gasteiger partial charge in [0.1, 0.15) is 0 Å². The van der Waals surface area contributed by atoms with E-state index in [0.29, 0.717) is 0 Å². The number of benzene rings is 2. The average molecular weight is 260 g/mol. The maximum atomic E-state index is 6.27. The van der Waals surface area contributed by atoms with Crippen LogP contribution in [0.4, 0.5) is 0 Å².